The van der Waals surface area contributed by atoms with Crippen molar-refractivity contribution >= 4 is 17.4 Å². The number of benzene rings is 1. The highest BCUT2D eigenvalue weighted by Gasteiger charge is 2.17. The van der Waals surface area contributed by atoms with Gasteiger partial charge in [-0.2, -0.15) is 11.8 Å². The van der Waals surface area contributed by atoms with Crippen molar-refractivity contribution in [2.24, 2.45) is 0 Å². The van der Waals surface area contributed by atoms with E-state index in [-0.39, 0.29) is 0 Å². The van der Waals surface area contributed by atoms with Gasteiger partial charge in [-0.3, -0.25) is 4.90 Å². The summed E-state index contributed by atoms with van der Waals surface area (Å²) in [6, 6.07) is 6.29. The molecule has 1 aromatic carbocycles. The van der Waals surface area contributed by atoms with Gasteiger partial charge in [0, 0.05) is 18.8 Å². The molecule has 2 N–H and O–H groups in total. The van der Waals surface area contributed by atoms with Crippen LogP contribution in [0.15, 0.2) is 18.2 Å². The number of thioether (sulfide) groups is 1. The third-order valence-electron chi connectivity index (χ3n) is 2.84. The molecule has 0 aromatic heterocycles. The molecule has 15 heavy (non-hydrogen) atoms. The van der Waals surface area contributed by atoms with Crippen molar-refractivity contribution in [1.82, 2.24) is 4.90 Å². The fraction of sp³-hybridized carbons (Fsp3) is 0.500. The second-order valence-corrected chi connectivity index (χ2v) is 5.07. The second-order valence-electron chi connectivity index (χ2n) is 4.09. The highest BCUT2D eigenvalue weighted by Crippen LogP contribution is 2.24. The largest absolute Gasteiger partial charge is 0.399 e. The van der Waals surface area contributed by atoms with E-state index in [1.165, 1.54) is 29.8 Å². The Balaban J connectivity index is 1.91. The van der Waals surface area contributed by atoms with E-state index in [1.807, 2.05) is 17.8 Å². The lowest BCUT2D eigenvalue weighted by Crippen LogP contribution is -2.18. The molecule has 0 spiro atoms. The van der Waals surface area contributed by atoms with Crippen LogP contribution in [0.4, 0.5) is 5.69 Å². The first-order chi connectivity index (χ1) is 7.29. The topological polar surface area (TPSA) is 29.3 Å². The molecule has 0 amide bonds. The highest BCUT2D eigenvalue weighted by molar-refractivity contribution is 7.98. The van der Waals surface area contributed by atoms with Crippen molar-refractivity contribution in [3.63, 3.8) is 0 Å². The molecule has 0 atom stereocenters. The summed E-state index contributed by atoms with van der Waals surface area (Å²) in [4.78, 5) is 2.50. The summed E-state index contributed by atoms with van der Waals surface area (Å²) < 4.78 is 0. The van der Waals surface area contributed by atoms with Crippen molar-refractivity contribution in [3.05, 3.63) is 29.3 Å². The summed E-state index contributed by atoms with van der Waals surface area (Å²) in [6.07, 6.45) is 3.45. The number of nitrogens with zero attached hydrogens (tertiary/aromatic N) is 1. The second kappa shape index (κ2) is 4.90. The molecule has 3 heteroatoms. The smallest absolute Gasteiger partial charge is 0.0317 e. The lowest BCUT2D eigenvalue weighted by Gasteiger charge is -2.13. The molecule has 2 rings (SSSR count). The number of hydrogen-bond donors (Lipinski definition) is 1. The van der Waals surface area contributed by atoms with Gasteiger partial charge in [0.1, 0.15) is 0 Å². The molecule has 0 radical (unpaired) electrons. The van der Waals surface area contributed by atoms with E-state index in [1.54, 1.807) is 0 Å². The number of anilines is 1. The molecule has 82 valence electrons. The molecule has 0 aliphatic carbocycles. The maximum atomic E-state index is 5.78. The molecule has 1 heterocycles. The lowest BCUT2D eigenvalue weighted by molar-refractivity contribution is 0.286. The number of nitrogen functional groups attached to an aromatic ring is 1. The van der Waals surface area contributed by atoms with Crippen LogP contribution in [0.5, 0.6) is 0 Å². The van der Waals surface area contributed by atoms with Crippen molar-refractivity contribution in [1.29, 1.82) is 0 Å². The van der Waals surface area contributed by atoms with E-state index in [2.05, 4.69) is 23.3 Å². The molecular weight excluding hydrogens is 204 g/mol. The van der Waals surface area contributed by atoms with Crippen LogP contribution < -0.4 is 5.73 Å². The van der Waals surface area contributed by atoms with Gasteiger partial charge < -0.3 is 5.73 Å². The van der Waals surface area contributed by atoms with Crippen LogP contribution in [0.25, 0.3) is 0 Å². The fourth-order valence-corrected chi connectivity index (χ4v) is 2.49. The van der Waals surface area contributed by atoms with Crippen molar-refractivity contribution < 1.29 is 0 Å². The van der Waals surface area contributed by atoms with E-state index in [9.17, 15) is 0 Å². The third kappa shape index (κ3) is 2.67. The molecule has 0 fully saturated rings. The lowest BCUT2D eigenvalue weighted by atomic mass is 10.1. The first-order valence-electron chi connectivity index (χ1n) is 5.38. The average Bonchev–Trinajstić information content (AvgIpc) is 2.60. The summed E-state index contributed by atoms with van der Waals surface area (Å²) in [5.41, 5.74) is 9.53. The zero-order valence-corrected chi connectivity index (χ0v) is 10.0. The van der Waals surface area contributed by atoms with Gasteiger partial charge in [-0.05, 0) is 48.2 Å². The van der Waals surface area contributed by atoms with Gasteiger partial charge >= 0.3 is 0 Å². The minimum atomic E-state index is 0.889. The van der Waals surface area contributed by atoms with E-state index in [0.717, 1.165) is 18.8 Å². The summed E-state index contributed by atoms with van der Waals surface area (Å²) in [6.45, 7) is 3.38. The maximum Gasteiger partial charge on any atom is 0.0317 e. The van der Waals surface area contributed by atoms with Crippen LogP contribution in [0.2, 0.25) is 0 Å². The van der Waals surface area contributed by atoms with Crippen LogP contribution >= 0.6 is 11.8 Å². The Morgan fingerprint density at radius 3 is 2.93 bits per heavy atom. The predicted octanol–water partition coefficient (Wildman–Crippen LogP) is 2.34. The molecule has 1 aliphatic rings. The summed E-state index contributed by atoms with van der Waals surface area (Å²) >= 11 is 1.92. The zero-order valence-electron chi connectivity index (χ0n) is 9.20. The molecule has 0 unspecified atom stereocenters. The first kappa shape index (κ1) is 10.8. The highest BCUT2D eigenvalue weighted by atomic mass is 32.2. The van der Waals surface area contributed by atoms with Gasteiger partial charge in [0.2, 0.25) is 0 Å². The standard InChI is InChI=1S/C12H18N2S/c1-15-6-2-5-14-8-10-3-4-12(13)7-11(10)9-14/h3-4,7H,2,5-6,8-9,13H2,1H3. The van der Waals surface area contributed by atoms with Crippen molar-refractivity contribution in [2.45, 2.75) is 19.5 Å². The van der Waals surface area contributed by atoms with Gasteiger partial charge in [-0.25, -0.2) is 0 Å². The first-order valence-corrected chi connectivity index (χ1v) is 6.77. The maximum absolute atomic E-state index is 5.78. The van der Waals surface area contributed by atoms with Gasteiger partial charge in [-0.1, -0.05) is 6.07 Å². The van der Waals surface area contributed by atoms with Gasteiger partial charge in [0.05, 0.1) is 0 Å². The Labute approximate surface area is 95.8 Å². The molecule has 1 aromatic rings. The monoisotopic (exact) mass is 222 g/mol. The van der Waals surface area contributed by atoms with Crippen LogP contribution in [-0.4, -0.2) is 23.5 Å². The summed E-state index contributed by atoms with van der Waals surface area (Å²) in [5, 5.41) is 0. The zero-order chi connectivity index (χ0) is 10.7. The van der Waals surface area contributed by atoms with E-state index in [0.29, 0.717) is 0 Å². The SMILES string of the molecule is CSCCCN1Cc2ccc(N)cc2C1. The number of nitrogens with two attached hydrogens (primary N) is 1. The van der Waals surface area contributed by atoms with Crippen LogP contribution in [0, 0.1) is 0 Å². The minimum absolute atomic E-state index is 0.889. The van der Waals surface area contributed by atoms with Crippen LogP contribution in [0.1, 0.15) is 17.5 Å². The molecule has 0 bridgehead atoms. The van der Waals surface area contributed by atoms with E-state index < -0.39 is 0 Å². The summed E-state index contributed by atoms with van der Waals surface area (Å²) in [7, 11) is 0. The van der Waals surface area contributed by atoms with E-state index in [4.69, 9.17) is 5.73 Å². The Hall–Kier alpha value is -0.670. The minimum Gasteiger partial charge on any atom is -0.399 e. The Kier molecular flexibility index (Phi) is 3.54. The molecule has 1 aliphatic heterocycles. The molecule has 0 saturated heterocycles. The van der Waals surface area contributed by atoms with Crippen molar-refractivity contribution in [3.8, 4) is 0 Å². The van der Waals surface area contributed by atoms with Crippen molar-refractivity contribution in [2.75, 3.05) is 24.3 Å². The van der Waals surface area contributed by atoms with Crippen LogP contribution in [-0.2, 0) is 13.1 Å². The molecule has 0 saturated carbocycles. The van der Waals surface area contributed by atoms with Gasteiger partial charge in [0.15, 0.2) is 0 Å². The van der Waals surface area contributed by atoms with E-state index >= 15 is 0 Å². The number of rotatable bonds is 4. The third-order valence-corrected chi connectivity index (χ3v) is 3.54. The summed E-state index contributed by atoms with van der Waals surface area (Å²) in [5.74, 6) is 1.26. The number of fused-ring (bicyclic) bond motifs is 1. The molecular formula is C12H18N2S. The normalized spacial score (nSPS) is 15.5. The molecule has 2 nitrogen and oxygen atoms in total. The fourth-order valence-electron chi connectivity index (χ4n) is 2.08. The van der Waals surface area contributed by atoms with Gasteiger partial charge in [0.25, 0.3) is 0 Å². The van der Waals surface area contributed by atoms with Gasteiger partial charge in [-0.15, -0.1) is 0 Å². The average molecular weight is 222 g/mol. The quantitative estimate of drug-likeness (QED) is 0.626. The number of hydrogen-bond acceptors (Lipinski definition) is 3. The predicted molar refractivity (Wildman–Crippen MR) is 68.0 cm³/mol. The van der Waals surface area contributed by atoms with Crippen LogP contribution in [0.3, 0.4) is 0 Å². The Morgan fingerprint density at radius 2 is 2.13 bits per heavy atom. The Bertz CT molecular complexity index is 338. The Morgan fingerprint density at radius 1 is 1.33 bits per heavy atom.